The lowest BCUT2D eigenvalue weighted by Crippen LogP contribution is -2.60. The molecule has 1 saturated heterocycles. The number of rotatable bonds is 3. The Kier molecular flexibility index (Phi) is 4.91. The van der Waals surface area contributed by atoms with Gasteiger partial charge < -0.3 is 9.64 Å². The fourth-order valence-electron chi connectivity index (χ4n) is 4.80. The van der Waals surface area contributed by atoms with E-state index in [9.17, 15) is 10.1 Å². The first kappa shape index (κ1) is 18.7. The summed E-state index contributed by atoms with van der Waals surface area (Å²) in [5.74, 6) is 0.356. The molecule has 1 aromatic carbocycles. The molecule has 146 valence electrons. The standard InChI is InChI=1S/C20H26ClN3O3/c1-22-9-6-17(7-10-22)23(2)20-8-4-3-5-15(20)11-14-12-16(21)13-18(24(25)26)19(14)27-20/h11-13,17H,3-10H2,1-2H3. The molecule has 0 radical (unpaired) electrons. The molecular weight excluding hydrogens is 366 g/mol. The first-order valence-corrected chi connectivity index (χ1v) is 10.1. The molecule has 7 heteroatoms. The second-order valence-electron chi connectivity index (χ2n) is 8.01. The zero-order valence-corrected chi connectivity index (χ0v) is 16.7. The molecule has 1 aliphatic carbocycles. The quantitative estimate of drug-likeness (QED) is 0.567. The van der Waals surface area contributed by atoms with E-state index in [4.69, 9.17) is 16.3 Å². The lowest BCUT2D eigenvalue weighted by molar-refractivity contribution is -0.386. The minimum atomic E-state index is -0.579. The molecule has 0 bridgehead atoms. The van der Waals surface area contributed by atoms with E-state index in [0.29, 0.717) is 16.8 Å². The Morgan fingerprint density at radius 1 is 1.33 bits per heavy atom. The van der Waals surface area contributed by atoms with Gasteiger partial charge in [0.15, 0.2) is 5.72 Å². The first-order valence-electron chi connectivity index (χ1n) is 9.70. The zero-order chi connectivity index (χ0) is 19.2. The van der Waals surface area contributed by atoms with Crippen LogP contribution in [0.1, 0.15) is 44.1 Å². The van der Waals surface area contributed by atoms with Crippen LogP contribution in [0.5, 0.6) is 5.75 Å². The van der Waals surface area contributed by atoms with Gasteiger partial charge in [-0.3, -0.25) is 15.0 Å². The summed E-state index contributed by atoms with van der Waals surface area (Å²) in [6.45, 7) is 2.13. The summed E-state index contributed by atoms with van der Waals surface area (Å²) in [5, 5.41) is 12.0. The number of likely N-dealkylation sites (tertiary alicyclic amines) is 1. The summed E-state index contributed by atoms with van der Waals surface area (Å²) in [4.78, 5) is 15.9. The number of benzene rings is 1. The second kappa shape index (κ2) is 7.08. The number of ether oxygens (including phenoxy) is 1. The Bertz CT molecular complexity index is 789. The van der Waals surface area contributed by atoms with Gasteiger partial charge in [-0.1, -0.05) is 11.6 Å². The lowest BCUT2D eigenvalue weighted by atomic mass is 9.81. The van der Waals surface area contributed by atoms with Gasteiger partial charge in [0.05, 0.1) is 4.92 Å². The third kappa shape index (κ3) is 3.24. The van der Waals surface area contributed by atoms with Crippen molar-refractivity contribution in [3.63, 3.8) is 0 Å². The molecule has 3 aliphatic rings. The van der Waals surface area contributed by atoms with Crippen LogP contribution >= 0.6 is 11.6 Å². The van der Waals surface area contributed by atoms with Crippen LogP contribution in [-0.4, -0.2) is 53.7 Å². The second-order valence-corrected chi connectivity index (χ2v) is 8.45. The number of hydrogen-bond acceptors (Lipinski definition) is 5. The molecule has 0 N–H and O–H groups in total. The first-order chi connectivity index (χ1) is 12.9. The SMILES string of the molecule is CN1CCC(N(C)C23CCCCC2=Cc2cc(Cl)cc([N+](=O)[O-])c2O3)CC1. The molecule has 6 nitrogen and oxygen atoms in total. The topological polar surface area (TPSA) is 58.9 Å². The van der Waals surface area contributed by atoms with Gasteiger partial charge in [-0.15, -0.1) is 0 Å². The van der Waals surface area contributed by atoms with Crippen molar-refractivity contribution in [1.29, 1.82) is 0 Å². The smallest absolute Gasteiger partial charge is 0.313 e. The van der Waals surface area contributed by atoms with E-state index >= 15 is 0 Å². The number of nitro groups is 1. The summed E-state index contributed by atoms with van der Waals surface area (Å²) >= 11 is 6.13. The number of nitro benzene ring substituents is 1. The van der Waals surface area contributed by atoms with Gasteiger partial charge in [-0.05, 0) is 77.0 Å². The Morgan fingerprint density at radius 3 is 2.78 bits per heavy atom. The Labute approximate surface area is 164 Å². The fraction of sp³-hybridized carbons (Fsp3) is 0.600. The van der Waals surface area contributed by atoms with Crippen LogP contribution in [0.4, 0.5) is 5.69 Å². The molecule has 1 unspecified atom stereocenters. The van der Waals surface area contributed by atoms with Crippen molar-refractivity contribution in [2.75, 3.05) is 27.2 Å². The van der Waals surface area contributed by atoms with Crippen LogP contribution in [0.25, 0.3) is 6.08 Å². The monoisotopic (exact) mass is 391 g/mol. The summed E-state index contributed by atoms with van der Waals surface area (Å²) in [5.41, 5.74) is 1.32. The minimum Gasteiger partial charge on any atom is -0.461 e. The summed E-state index contributed by atoms with van der Waals surface area (Å²) < 4.78 is 6.56. The van der Waals surface area contributed by atoms with E-state index in [1.165, 1.54) is 11.6 Å². The van der Waals surface area contributed by atoms with Gasteiger partial charge in [0.2, 0.25) is 5.75 Å². The van der Waals surface area contributed by atoms with Crippen LogP contribution in [0.2, 0.25) is 5.02 Å². The molecule has 1 atom stereocenters. The van der Waals surface area contributed by atoms with E-state index < -0.39 is 10.6 Å². The van der Waals surface area contributed by atoms with E-state index in [2.05, 4.69) is 30.0 Å². The van der Waals surface area contributed by atoms with Crippen LogP contribution in [-0.2, 0) is 0 Å². The predicted octanol–water partition coefficient (Wildman–Crippen LogP) is 4.32. The number of piperidine rings is 1. The molecule has 27 heavy (non-hydrogen) atoms. The highest BCUT2D eigenvalue weighted by molar-refractivity contribution is 6.31. The summed E-state index contributed by atoms with van der Waals surface area (Å²) in [6, 6.07) is 3.58. The Hall–Kier alpha value is -1.63. The maximum atomic E-state index is 11.6. The minimum absolute atomic E-state index is 0.0467. The third-order valence-electron chi connectivity index (χ3n) is 6.38. The predicted molar refractivity (Wildman–Crippen MR) is 106 cm³/mol. The Balaban J connectivity index is 1.76. The molecule has 0 aromatic heterocycles. The van der Waals surface area contributed by atoms with Gasteiger partial charge in [0, 0.05) is 29.1 Å². The average molecular weight is 392 g/mol. The zero-order valence-electron chi connectivity index (χ0n) is 15.9. The summed E-state index contributed by atoms with van der Waals surface area (Å²) in [6.07, 6.45) is 8.25. The molecule has 0 amide bonds. The maximum absolute atomic E-state index is 11.6. The highest BCUT2D eigenvalue weighted by atomic mass is 35.5. The highest BCUT2D eigenvalue weighted by Crippen LogP contribution is 2.49. The van der Waals surface area contributed by atoms with E-state index in [-0.39, 0.29) is 5.69 Å². The van der Waals surface area contributed by atoms with Crippen molar-refractivity contribution in [2.24, 2.45) is 0 Å². The highest BCUT2D eigenvalue weighted by Gasteiger charge is 2.48. The van der Waals surface area contributed by atoms with Crippen LogP contribution < -0.4 is 4.74 Å². The summed E-state index contributed by atoms with van der Waals surface area (Å²) in [7, 11) is 4.28. The largest absolute Gasteiger partial charge is 0.461 e. The Morgan fingerprint density at radius 2 is 2.07 bits per heavy atom. The number of nitrogens with zero attached hydrogens (tertiary/aromatic N) is 3. The van der Waals surface area contributed by atoms with Crippen molar-refractivity contribution >= 4 is 23.4 Å². The van der Waals surface area contributed by atoms with Crippen molar-refractivity contribution in [2.45, 2.75) is 50.3 Å². The number of halogens is 1. The van der Waals surface area contributed by atoms with Gasteiger partial charge in [-0.2, -0.15) is 0 Å². The molecule has 1 aromatic rings. The number of likely N-dealkylation sites (N-methyl/N-ethyl adjacent to an activating group) is 1. The average Bonchev–Trinajstić information content (AvgIpc) is 2.65. The molecular formula is C20H26ClN3O3. The van der Waals surface area contributed by atoms with Crippen LogP contribution in [0.3, 0.4) is 0 Å². The number of fused-ring (bicyclic) bond motifs is 2. The molecule has 2 fully saturated rings. The maximum Gasteiger partial charge on any atom is 0.313 e. The normalized spacial score (nSPS) is 26.1. The molecule has 2 aliphatic heterocycles. The fourth-order valence-corrected chi connectivity index (χ4v) is 5.02. The van der Waals surface area contributed by atoms with Crippen molar-refractivity contribution in [1.82, 2.24) is 9.80 Å². The van der Waals surface area contributed by atoms with E-state index in [0.717, 1.165) is 57.2 Å². The molecule has 0 spiro atoms. The van der Waals surface area contributed by atoms with Crippen molar-refractivity contribution < 1.29 is 9.66 Å². The van der Waals surface area contributed by atoms with Crippen LogP contribution in [0, 0.1) is 10.1 Å². The number of hydrogen-bond donors (Lipinski definition) is 0. The van der Waals surface area contributed by atoms with Crippen molar-refractivity contribution in [3.05, 3.63) is 38.4 Å². The van der Waals surface area contributed by atoms with E-state index in [1.54, 1.807) is 6.07 Å². The van der Waals surface area contributed by atoms with Gasteiger partial charge in [0.1, 0.15) is 0 Å². The molecule has 4 rings (SSSR count). The van der Waals surface area contributed by atoms with Crippen molar-refractivity contribution in [3.8, 4) is 5.75 Å². The van der Waals surface area contributed by atoms with Gasteiger partial charge >= 0.3 is 5.69 Å². The molecule has 2 heterocycles. The van der Waals surface area contributed by atoms with Gasteiger partial charge in [-0.25, -0.2) is 0 Å². The third-order valence-corrected chi connectivity index (χ3v) is 6.60. The van der Waals surface area contributed by atoms with Crippen LogP contribution in [0.15, 0.2) is 17.7 Å². The van der Waals surface area contributed by atoms with E-state index in [1.807, 2.05) is 0 Å². The molecule has 1 saturated carbocycles. The van der Waals surface area contributed by atoms with Gasteiger partial charge in [0.25, 0.3) is 0 Å². The lowest BCUT2D eigenvalue weighted by Gasteiger charge is -2.51.